The molecule has 0 aliphatic carbocycles. The van der Waals surface area contributed by atoms with Crippen molar-refractivity contribution in [2.45, 2.75) is 53.0 Å². The van der Waals surface area contributed by atoms with Crippen LogP contribution in [0.25, 0.3) is 0 Å². The van der Waals surface area contributed by atoms with Crippen LogP contribution in [0.3, 0.4) is 0 Å². The lowest BCUT2D eigenvalue weighted by Crippen LogP contribution is -2.40. The average Bonchev–Trinajstić information content (AvgIpc) is 2.65. The molecule has 0 bridgehead atoms. The molecule has 142 valence electrons. The Hall–Kier alpha value is -1.86. The van der Waals surface area contributed by atoms with E-state index in [-0.39, 0.29) is 11.8 Å². The summed E-state index contributed by atoms with van der Waals surface area (Å²) in [5, 5.41) is 12.1. The monoisotopic (exact) mass is 355 g/mol. The summed E-state index contributed by atoms with van der Waals surface area (Å²) in [6.07, 6.45) is 4.17. The molecule has 1 atom stereocenters. The second kappa shape index (κ2) is 10.3. The molecule has 1 amide bonds. The van der Waals surface area contributed by atoms with Crippen LogP contribution in [-0.4, -0.2) is 30.4 Å². The van der Waals surface area contributed by atoms with Gasteiger partial charge in [-0.05, 0) is 68.3 Å². The molecule has 1 N–H and O–H groups in total. The number of nitriles is 1. The molecule has 0 radical (unpaired) electrons. The number of amides is 1. The zero-order chi connectivity index (χ0) is 18.9. The topological polar surface area (TPSA) is 56.1 Å². The number of rotatable bonds is 8. The maximum atomic E-state index is 12.4. The third-order valence-electron chi connectivity index (χ3n) is 5.38. The SMILES string of the molecule is CCC(CC(C)C)C(=O)NCC1CCN(Cc2ccc(C#N)cc2)CC1. The third-order valence-corrected chi connectivity index (χ3v) is 5.38. The Bertz CT molecular complexity index is 595. The Morgan fingerprint density at radius 3 is 2.46 bits per heavy atom. The maximum Gasteiger partial charge on any atom is 0.223 e. The molecule has 4 nitrogen and oxygen atoms in total. The van der Waals surface area contributed by atoms with Gasteiger partial charge in [-0.25, -0.2) is 0 Å². The lowest BCUT2D eigenvalue weighted by molar-refractivity contribution is -0.125. The third kappa shape index (κ3) is 6.46. The molecular formula is C22H33N3O. The van der Waals surface area contributed by atoms with Crippen molar-refractivity contribution < 1.29 is 4.79 Å². The highest BCUT2D eigenvalue weighted by Crippen LogP contribution is 2.20. The smallest absolute Gasteiger partial charge is 0.223 e. The van der Waals surface area contributed by atoms with Crippen molar-refractivity contribution >= 4 is 5.91 Å². The number of likely N-dealkylation sites (tertiary alicyclic amines) is 1. The van der Waals surface area contributed by atoms with Crippen LogP contribution in [-0.2, 0) is 11.3 Å². The Labute approximate surface area is 158 Å². The zero-order valence-electron chi connectivity index (χ0n) is 16.5. The van der Waals surface area contributed by atoms with Crippen molar-refractivity contribution in [3.8, 4) is 6.07 Å². The fourth-order valence-electron chi connectivity index (χ4n) is 3.71. The minimum absolute atomic E-state index is 0.159. The van der Waals surface area contributed by atoms with Gasteiger partial charge >= 0.3 is 0 Å². The summed E-state index contributed by atoms with van der Waals surface area (Å²) in [7, 11) is 0. The van der Waals surface area contributed by atoms with Gasteiger partial charge in [0.15, 0.2) is 0 Å². The lowest BCUT2D eigenvalue weighted by Gasteiger charge is -2.32. The van der Waals surface area contributed by atoms with Gasteiger partial charge in [-0.15, -0.1) is 0 Å². The lowest BCUT2D eigenvalue weighted by atomic mass is 9.93. The van der Waals surface area contributed by atoms with Gasteiger partial charge in [0.1, 0.15) is 0 Å². The van der Waals surface area contributed by atoms with Crippen molar-refractivity contribution in [2.24, 2.45) is 17.8 Å². The number of nitrogens with one attached hydrogen (secondary N) is 1. The first-order chi connectivity index (χ1) is 12.5. The van der Waals surface area contributed by atoms with Crippen LogP contribution in [0, 0.1) is 29.1 Å². The highest BCUT2D eigenvalue weighted by atomic mass is 16.1. The molecule has 2 rings (SSSR count). The van der Waals surface area contributed by atoms with Crippen LogP contribution in [0.4, 0.5) is 0 Å². The van der Waals surface area contributed by atoms with Gasteiger partial charge in [0, 0.05) is 19.0 Å². The Kier molecular flexibility index (Phi) is 8.12. The number of carbonyl (C=O) groups is 1. The molecule has 4 heteroatoms. The van der Waals surface area contributed by atoms with E-state index in [9.17, 15) is 4.79 Å². The largest absolute Gasteiger partial charge is 0.356 e. The normalized spacial score (nSPS) is 17.0. The standard InChI is InChI=1S/C22H33N3O/c1-4-21(13-17(2)3)22(26)24-15-19-9-11-25(12-10-19)16-20-7-5-18(14-23)6-8-20/h5-8,17,19,21H,4,9-13,15-16H2,1-3H3,(H,24,26). The molecule has 0 saturated carbocycles. The van der Waals surface area contributed by atoms with Gasteiger partial charge in [0.05, 0.1) is 11.6 Å². The summed E-state index contributed by atoms with van der Waals surface area (Å²) < 4.78 is 0. The Morgan fingerprint density at radius 2 is 1.92 bits per heavy atom. The van der Waals surface area contributed by atoms with Crippen molar-refractivity contribution in [3.05, 3.63) is 35.4 Å². The number of nitrogens with zero attached hydrogens (tertiary/aromatic N) is 2. The Balaban J connectivity index is 1.71. The second-order valence-corrected chi connectivity index (χ2v) is 8.01. The van der Waals surface area contributed by atoms with Crippen LogP contribution in [0.5, 0.6) is 0 Å². The van der Waals surface area contributed by atoms with Gasteiger partial charge in [0.25, 0.3) is 0 Å². The van der Waals surface area contributed by atoms with Crippen LogP contribution in [0.2, 0.25) is 0 Å². The van der Waals surface area contributed by atoms with E-state index < -0.39 is 0 Å². The first kappa shape index (κ1) is 20.5. The fourth-order valence-corrected chi connectivity index (χ4v) is 3.71. The van der Waals surface area contributed by atoms with E-state index in [1.165, 1.54) is 5.56 Å². The molecule has 1 heterocycles. The maximum absolute atomic E-state index is 12.4. The van der Waals surface area contributed by atoms with E-state index in [2.05, 4.69) is 37.1 Å². The molecule has 0 spiro atoms. The second-order valence-electron chi connectivity index (χ2n) is 8.01. The van der Waals surface area contributed by atoms with Crippen molar-refractivity contribution in [3.63, 3.8) is 0 Å². The molecule has 1 aromatic carbocycles. The minimum atomic E-state index is 0.159. The van der Waals surface area contributed by atoms with Gasteiger partial charge < -0.3 is 5.32 Å². The van der Waals surface area contributed by atoms with Gasteiger partial charge in [-0.3, -0.25) is 9.69 Å². The first-order valence-electron chi connectivity index (χ1n) is 10.0. The molecule has 1 aromatic rings. The zero-order valence-corrected chi connectivity index (χ0v) is 16.5. The molecule has 1 aliphatic rings. The molecule has 0 aromatic heterocycles. The summed E-state index contributed by atoms with van der Waals surface area (Å²) in [5.74, 6) is 1.55. The van der Waals surface area contributed by atoms with E-state index in [1.807, 2.05) is 24.3 Å². The predicted octanol–water partition coefficient (Wildman–Crippen LogP) is 3.96. The number of hydrogen-bond acceptors (Lipinski definition) is 3. The fraction of sp³-hybridized carbons (Fsp3) is 0.636. The van der Waals surface area contributed by atoms with E-state index in [1.54, 1.807) is 0 Å². The molecule has 26 heavy (non-hydrogen) atoms. The van der Waals surface area contributed by atoms with Crippen molar-refractivity contribution in [2.75, 3.05) is 19.6 Å². The summed E-state index contributed by atoms with van der Waals surface area (Å²) in [6, 6.07) is 10.0. The van der Waals surface area contributed by atoms with E-state index in [0.717, 1.165) is 51.9 Å². The first-order valence-corrected chi connectivity index (χ1v) is 10.0. The summed E-state index contributed by atoms with van der Waals surface area (Å²) in [5.41, 5.74) is 1.97. The summed E-state index contributed by atoms with van der Waals surface area (Å²) >= 11 is 0. The highest BCUT2D eigenvalue weighted by Gasteiger charge is 2.22. The van der Waals surface area contributed by atoms with Gasteiger partial charge in [0.2, 0.25) is 5.91 Å². The van der Waals surface area contributed by atoms with Gasteiger partial charge in [-0.1, -0.05) is 32.9 Å². The highest BCUT2D eigenvalue weighted by molar-refractivity contribution is 5.78. The summed E-state index contributed by atoms with van der Waals surface area (Å²) in [6.45, 7) is 10.4. The number of carbonyl (C=O) groups excluding carboxylic acids is 1. The average molecular weight is 356 g/mol. The molecular weight excluding hydrogens is 322 g/mol. The van der Waals surface area contributed by atoms with Crippen molar-refractivity contribution in [1.82, 2.24) is 10.2 Å². The number of benzene rings is 1. The van der Waals surface area contributed by atoms with E-state index >= 15 is 0 Å². The molecule has 1 aliphatic heterocycles. The number of piperidine rings is 1. The van der Waals surface area contributed by atoms with Crippen LogP contribution >= 0.6 is 0 Å². The van der Waals surface area contributed by atoms with E-state index in [4.69, 9.17) is 5.26 Å². The van der Waals surface area contributed by atoms with Gasteiger partial charge in [-0.2, -0.15) is 5.26 Å². The quantitative estimate of drug-likeness (QED) is 0.768. The predicted molar refractivity (Wildman–Crippen MR) is 105 cm³/mol. The Morgan fingerprint density at radius 1 is 1.27 bits per heavy atom. The minimum Gasteiger partial charge on any atom is -0.356 e. The molecule has 1 saturated heterocycles. The van der Waals surface area contributed by atoms with Crippen molar-refractivity contribution in [1.29, 1.82) is 5.26 Å². The van der Waals surface area contributed by atoms with Crippen LogP contribution in [0.15, 0.2) is 24.3 Å². The summed E-state index contributed by atoms with van der Waals surface area (Å²) in [4.78, 5) is 14.8. The molecule has 1 fully saturated rings. The van der Waals surface area contributed by atoms with E-state index in [0.29, 0.717) is 17.4 Å². The number of hydrogen-bond donors (Lipinski definition) is 1. The van der Waals surface area contributed by atoms with Crippen LogP contribution < -0.4 is 5.32 Å². The molecule has 1 unspecified atom stereocenters. The van der Waals surface area contributed by atoms with Crippen LogP contribution in [0.1, 0.15) is 57.6 Å².